The zero-order chi connectivity index (χ0) is 20.4. The predicted molar refractivity (Wildman–Crippen MR) is 109 cm³/mol. The Morgan fingerprint density at radius 3 is 2.64 bits per heavy atom. The van der Waals surface area contributed by atoms with Gasteiger partial charge < -0.3 is 14.6 Å². The van der Waals surface area contributed by atoms with Gasteiger partial charge in [-0.3, -0.25) is 0 Å². The van der Waals surface area contributed by atoms with Crippen molar-refractivity contribution < 1.29 is 19.0 Å². The van der Waals surface area contributed by atoms with Crippen LogP contribution in [0.5, 0.6) is 0 Å². The van der Waals surface area contributed by atoms with E-state index in [4.69, 9.17) is 16.0 Å². The lowest BCUT2D eigenvalue weighted by molar-refractivity contribution is -0.910. The topological polar surface area (TPSA) is 51.3 Å². The predicted octanol–water partition coefficient (Wildman–Crippen LogP) is 2.15. The third-order valence-corrected chi connectivity index (χ3v) is 5.66. The third kappa shape index (κ3) is 4.12. The second-order valence-electron chi connectivity index (χ2n) is 7.47. The number of quaternary nitrogens is 2. The second-order valence-corrected chi connectivity index (χ2v) is 7.88. The first-order valence-electron chi connectivity index (χ1n) is 9.38. The smallest absolute Gasteiger partial charge is 0.336 e. The molecule has 1 atom stereocenters. The van der Waals surface area contributed by atoms with Crippen LogP contribution in [-0.2, 0) is 6.54 Å². The standard InChI is InChI=1S/C22H24ClFN2O2/c1-13-8-9-16-15(10-20(27)28-22(16)14(13)2)11-25-12-19(26(3)4)21-17(23)6-5-7-18(21)24/h5-10,19,25H,11-12H2,1-4H3/p+2/t19-/m0/s1. The van der Waals surface area contributed by atoms with Crippen LogP contribution < -0.4 is 15.8 Å². The van der Waals surface area contributed by atoms with E-state index >= 15 is 0 Å². The molecule has 0 unspecified atom stereocenters. The van der Waals surface area contributed by atoms with Gasteiger partial charge in [0.25, 0.3) is 0 Å². The zero-order valence-electron chi connectivity index (χ0n) is 16.6. The number of halogens is 2. The molecule has 0 saturated carbocycles. The van der Waals surface area contributed by atoms with Gasteiger partial charge in [0.2, 0.25) is 0 Å². The van der Waals surface area contributed by atoms with E-state index in [1.54, 1.807) is 18.2 Å². The van der Waals surface area contributed by atoms with Gasteiger partial charge in [-0.05, 0) is 37.1 Å². The number of hydrogen-bond acceptors (Lipinski definition) is 2. The Bertz CT molecular complexity index is 1040. The molecule has 0 aliphatic rings. The Hall–Kier alpha value is -2.21. The molecular weight excluding hydrogens is 379 g/mol. The molecule has 0 radical (unpaired) electrons. The van der Waals surface area contributed by atoms with Gasteiger partial charge in [0.15, 0.2) is 6.04 Å². The van der Waals surface area contributed by atoms with Crippen molar-refractivity contribution >= 4 is 22.6 Å². The monoisotopic (exact) mass is 404 g/mol. The van der Waals surface area contributed by atoms with Gasteiger partial charge in [-0.25, -0.2) is 9.18 Å². The first-order chi connectivity index (χ1) is 13.3. The molecule has 0 bridgehead atoms. The molecule has 4 nitrogen and oxygen atoms in total. The highest BCUT2D eigenvalue weighted by Crippen LogP contribution is 2.24. The Morgan fingerprint density at radius 2 is 1.96 bits per heavy atom. The number of fused-ring (bicyclic) bond motifs is 1. The first kappa shape index (κ1) is 20.5. The summed E-state index contributed by atoms with van der Waals surface area (Å²) in [6, 6.07) is 10.2. The van der Waals surface area contributed by atoms with Crippen molar-refractivity contribution in [2.24, 2.45) is 0 Å². The van der Waals surface area contributed by atoms with E-state index in [9.17, 15) is 9.18 Å². The van der Waals surface area contributed by atoms with Crippen molar-refractivity contribution in [1.29, 1.82) is 0 Å². The molecule has 3 rings (SSSR count). The fourth-order valence-corrected chi connectivity index (χ4v) is 3.88. The van der Waals surface area contributed by atoms with Crippen LogP contribution in [0, 0.1) is 19.7 Å². The number of likely N-dealkylation sites (N-methyl/N-ethyl adjacent to an activating group) is 1. The molecule has 0 amide bonds. The number of nitrogens with one attached hydrogen (secondary N) is 1. The van der Waals surface area contributed by atoms with E-state index in [0.717, 1.165) is 27.0 Å². The van der Waals surface area contributed by atoms with Gasteiger partial charge in [0.1, 0.15) is 24.5 Å². The van der Waals surface area contributed by atoms with E-state index in [0.29, 0.717) is 29.3 Å². The molecule has 0 fully saturated rings. The van der Waals surface area contributed by atoms with Crippen molar-refractivity contribution in [3.63, 3.8) is 0 Å². The Kier molecular flexibility index (Phi) is 6.18. The minimum absolute atomic E-state index is 0.107. The SMILES string of the molecule is Cc1ccc2c(C[NH2+]C[C@@H](c3c(F)cccc3Cl)[NH+](C)C)cc(=O)oc2c1C. The van der Waals surface area contributed by atoms with Crippen LogP contribution in [-0.4, -0.2) is 20.6 Å². The minimum atomic E-state index is -0.350. The fourth-order valence-electron chi connectivity index (χ4n) is 3.58. The van der Waals surface area contributed by atoms with Crippen molar-refractivity contribution in [2.75, 3.05) is 20.6 Å². The van der Waals surface area contributed by atoms with Crippen molar-refractivity contribution in [1.82, 2.24) is 0 Å². The second kappa shape index (κ2) is 8.43. The molecule has 28 heavy (non-hydrogen) atoms. The van der Waals surface area contributed by atoms with E-state index in [2.05, 4.69) is 5.32 Å². The van der Waals surface area contributed by atoms with Crippen LogP contribution in [0.1, 0.15) is 28.3 Å². The summed E-state index contributed by atoms with van der Waals surface area (Å²) in [6.45, 7) is 5.19. The number of aryl methyl sites for hydroxylation is 2. The molecular formula is C22H26ClFN2O2+2. The van der Waals surface area contributed by atoms with Crippen molar-refractivity contribution in [3.05, 3.63) is 79.9 Å². The molecule has 0 saturated heterocycles. The molecule has 2 aromatic carbocycles. The molecule has 6 heteroatoms. The maximum Gasteiger partial charge on any atom is 0.336 e. The lowest BCUT2D eigenvalue weighted by atomic mass is 10.0. The van der Waals surface area contributed by atoms with Crippen LogP contribution in [0.3, 0.4) is 0 Å². The zero-order valence-corrected chi connectivity index (χ0v) is 17.4. The average Bonchev–Trinajstić information content (AvgIpc) is 2.63. The fraction of sp³-hybridized carbons (Fsp3) is 0.318. The molecule has 1 heterocycles. The quantitative estimate of drug-likeness (QED) is 0.618. The van der Waals surface area contributed by atoms with E-state index < -0.39 is 0 Å². The van der Waals surface area contributed by atoms with Gasteiger partial charge in [-0.15, -0.1) is 0 Å². The van der Waals surface area contributed by atoms with Gasteiger partial charge in [0, 0.05) is 17.0 Å². The molecule has 0 aliphatic carbocycles. The van der Waals surface area contributed by atoms with E-state index in [-0.39, 0.29) is 17.5 Å². The van der Waals surface area contributed by atoms with Gasteiger partial charge in [-0.2, -0.15) is 0 Å². The van der Waals surface area contributed by atoms with Gasteiger partial charge >= 0.3 is 5.63 Å². The molecule has 3 N–H and O–H groups in total. The lowest BCUT2D eigenvalue weighted by Gasteiger charge is -2.22. The summed E-state index contributed by atoms with van der Waals surface area (Å²) in [7, 11) is 3.97. The highest BCUT2D eigenvalue weighted by molar-refractivity contribution is 6.31. The molecule has 3 aromatic rings. The number of benzene rings is 2. The Balaban J connectivity index is 1.86. The molecule has 1 aromatic heterocycles. The van der Waals surface area contributed by atoms with Crippen molar-refractivity contribution in [2.45, 2.75) is 26.4 Å². The summed E-state index contributed by atoms with van der Waals surface area (Å²) in [5, 5.41) is 3.47. The average molecular weight is 405 g/mol. The Labute approximate surface area is 168 Å². The van der Waals surface area contributed by atoms with Crippen LogP contribution in [0.15, 0.2) is 45.6 Å². The van der Waals surface area contributed by atoms with Crippen LogP contribution in [0.4, 0.5) is 4.39 Å². The summed E-state index contributed by atoms with van der Waals surface area (Å²) in [5.41, 5.74) is 3.80. The highest BCUT2D eigenvalue weighted by atomic mass is 35.5. The van der Waals surface area contributed by atoms with Gasteiger partial charge in [-0.1, -0.05) is 29.8 Å². The number of rotatable bonds is 6. The summed E-state index contributed by atoms with van der Waals surface area (Å²) in [4.78, 5) is 13.1. The maximum absolute atomic E-state index is 14.4. The van der Waals surface area contributed by atoms with Crippen LogP contribution in [0.25, 0.3) is 11.0 Å². The summed E-state index contributed by atoms with van der Waals surface area (Å²) in [5.74, 6) is -0.288. The molecule has 0 aliphatic heterocycles. The number of nitrogens with two attached hydrogens (primary N) is 1. The normalized spacial score (nSPS) is 12.7. The largest absolute Gasteiger partial charge is 0.422 e. The first-order valence-corrected chi connectivity index (χ1v) is 9.76. The third-order valence-electron chi connectivity index (χ3n) is 5.33. The lowest BCUT2D eigenvalue weighted by Crippen LogP contribution is -3.09. The van der Waals surface area contributed by atoms with Crippen LogP contribution >= 0.6 is 11.6 Å². The maximum atomic E-state index is 14.4. The highest BCUT2D eigenvalue weighted by Gasteiger charge is 2.26. The van der Waals surface area contributed by atoms with Gasteiger partial charge in [0.05, 0.1) is 24.7 Å². The summed E-state index contributed by atoms with van der Waals surface area (Å²) in [6.07, 6.45) is 0. The summed E-state index contributed by atoms with van der Waals surface area (Å²) < 4.78 is 19.8. The molecule has 148 valence electrons. The Morgan fingerprint density at radius 1 is 1.21 bits per heavy atom. The summed E-state index contributed by atoms with van der Waals surface area (Å²) >= 11 is 6.27. The molecule has 0 spiro atoms. The van der Waals surface area contributed by atoms with E-state index in [1.165, 1.54) is 6.07 Å². The van der Waals surface area contributed by atoms with Crippen LogP contribution in [0.2, 0.25) is 5.02 Å². The number of hydrogen-bond donors (Lipinski definition) is 2. The van der Waals surface area contributed by atoms with Crippen molar-refractivity contribution in [3.8, 4) is 0 Å². The van der Waals surface area contributed by atoms with E-state index in [1.807, 2.05) is 40.1 Å². The minimum Gasteiger partial charge on any atom is -0.422 e.